The van der Waals surface area contributed by atoms with Gasteiger partial charge in [-0.3, -0.25) is 4.90 Å². The van der Waals surface area contributed by atoms with E-state index in [0.717, 1.165) is 32.4 Å². The lowest BCUT2D eigenvalue weighted by atomic mass is 10.1. The maximum atomic E-state index is 11.8. The first-order valence-electron chi connectivity index (χ1n) is 8.12. The molecule has 5 heteroatoms. The van der Waals surface area contributed by atoms with Crippen molar-refractivity contribution in [3.8, 4) is 0 Å². The van der Waals surface area contributed by atoms with E-state index in [9.17, 15) is 8.42 Å². The van der Waals surface area contributed by atoms with Crippen LogP contribution in [0, 0.1) is 0 Å². The minimum absolute atomic E-state index is 0.173. The van der Waals surface area contributed by atoms with E-state index < -0.39 is 9.84 Å². The molecule has 22 heavy (non-hydrogen) atoms. The number of unbranched alkanes of at least 4 members (excludes halogenated alkanes) is 1. The lowest BCUT2D eigenvalue weighted by Gasteiger charge is -2.29. The summed E-state index contributed by atoms with van der Waals surface area (Å²) >= 11 is 0. The summed E-state index contributed by atoms with van der Waals surface area (Å²) in [4.78, 5) is 4.50. The first-order chi connectivity index (χ1) is 10.4. The fourth-order valence-corrected chi connectivity index (χ4v) is 4.88. The molecule has 1 aliphatic rings. The van der Waals surface area contributed by atoms with Crippen molar-refractivity contribution in [2.24, 2.45) is 0 Å². The highest BCUT2D eigenvalue weighted by Crippen LogP contribution is 2.24. The Morgan fingerprint density at radius 2 is 1.95 bits per heavy atom. The summed E-state index contributed by atoms with van der Waals surface area (Å²) in [7, 11) is 1.27. The van der Waals surface area contributed by atoms with Gasteiger partial charge >= 0.3 is 0 Å². The molecule has 1 saturated heterocycles. The molecule has 0 aromatic heterocycles. The number of hydrogen-bond donors (Lipinski definition) is 0. The van der Waals surface area contributed by atoms with Crippen LogP contribution in [-0.4, -0.2) is 51.5 Å². The van der Waals surface area contributed by atoms with E-state index in [1.54, 1.807) is 0 Å². The highest BCUT2D eigenvalue weighted by Gasteiger charge is 2.32. The van der Waals surface area contributed by atoms with Crippen molar-refractivity contribution >= 4 is 15.5 Å². The van der Waals surface area contributed by atoms with Crippen LogP contribution in [0.1, 0.15) is 31.7 Å². The Morgan fingerprint density at radius 3 is 2.55 bits per heavy atom. The maximum Gasteiger partial charge on any atom is 0.151 e. The number of hydrogen-bond acceptors (Lipinski definition) is 4. The van der Waals surface area contributed by atoms with Gasteiger partial charge < -0.3 is 4.90 Å². The molecule has 0 N–H and O–H groups in total. The van der Waals surface area contributed by atoms with Crippen LogP contribution in [0.3, 0.4) is 0 Å². The van der Waals surface area contributed by atoms with Crippen molar-refractivity contribution in [1.29, 1.82) is 0 Å². The average Bonchev–Trinajstić information content (AvgIpc) is 2.83. The number of rotatable bonds is 7. The SMILES string of the molecule is CCCCN(Cc1ccccc1N(C)C)C1CCS(=O)(=O)C1. The van der Waals surface area contributed by atoms with Gasteiger partial charge in [0.1, 0.15) is 0 Å². The molecule has 1 aromatic carbocycles. The highest BCUT2D eigenvalue weighted by molar-refractivity contribution is 7.91. The van der Waals surface area contributed by atoms with Gasteiger partial charge in [-0.2, -0.15) is 0 Å². The quantitative estimate of drug-likeness (QED) is 0.773. The van der Waals surface area contributed by atoms with E-state index in [-0.39, 0.29) is 6.04 Å². The second-order valence-corrected chi connectivity index (χ2v) is 8.63. The molecule has 0 amide bonds. The monoisotopic (exact) mass is 324 g/mol. The van der Waals surface area contributed by atoms with Crippen LogP contribution in [0.5, 0.6) is 0 Å². The Bertz CT molecular complexity index is 584. The Morgan fingerprint density at radius 1 is 1.23 bits per heavy atom. The standard InChI is InChI=1S/C17H28N2O2S/c1-4-5-11-19(16-10-12-22(20,21)14-16)13-15-8-6-7-9-17(15)18(2)3/h6-9,16H,4-5,10-14H2,1-3H3. The number of benzene rings is 1. The largest absolute Gasteiger partial charge is 0.377 e. The zero-order valence-electron chi connectivity index (χ0n) is 14.0. The predicted octanol–water partition coefficient (Wildman–Crippen LogP) is 2.54. The smallest absolute Gasteiger partial charge is 0.151 e. The molecule has 0 aliphatic carbocycles. The Kier molecular flexibility index (Phi) is 5.87. The van der Waals surface area contributed by atoms with E-state index in [0.29, 0.717) is 11.5 Å². The molecule has 0 saturated carbocycles. The van der Waals surface area contributed by atoms with E-state index in [2.05, 4.69) is 55.1 Å². The summed E-state index contributed by atoms with van der Waals surface area (Å²) < 4.78 is 23.6. The van der Waals surface area contributed by atoms with Crippen LogP contribution < -0.4 is 4.90 Å². The van der Waals surface area contributed by atoms with Gasteiger partial charge in [0.25, 0.3) is 0 Å². The molecule has 0 spiro atoms. The van der Waals surface area contributed by atoms with Crippen LogP contribution in [0.25, 0.3) is 0 Å². The van der Waals surface area contributed by atoms with E-state index in [4.69, 9.17) is 0 Å². The fourth-order valence-electron chi connectivity index (χ4n) is 3.11. The summed E-state index contributed by atoms with van der Waals surface area (Å²) in [5.41, 5.74) is 2.48. The van der Waals surface area contributed by atoms with Gasteiger partial charge in [-0.15, -0.1) is 0 Å². The summed E-state index contributed by atoms with van der Waals surface area (Å²) in [6, 6.07) is 8.56. The van der Waals surface area contributed by atoms with E-state index in [1.165, 1.54) is 11.3 Å². The minimum Gasteiger partial charge on any atom is -0.377 e. The molecule has 1 fully saturated rings. The van der Waals surface area contributed by atoms with Gasteiger partial charge in [0.2, 0.25) is 0 Å². The third-order valence-electron chi connectivity index (χ3n) is 4.37. The van der Waals surface area contributed by atoms with Gasteiger partial charge in [0, 0.05) is 32.4 Å². The molecule has 0 radical (unpaired) electrons. The van der Waals surface area contributed by atoms with Crippen molar-refractivity contribution in [3.63, 3.8) is 0 Å². The van der Waals surface area contributed by atoms with Crippen LogP contribution >= 0.6 is 0 Å². The zero-order chi connectivity index (χ0) is 16.2. The lowest BCUT2D eigenvalue weighted by Crippen LogP contribution is -2.36. The predicted molar refractivity (Wildman–Crippen MR) is 93.1 cm³/mol. The first kappa shape index (κ1) is 17.3. The number of nitrogens with zero attached hydrogens (tertiary/aromatic N) is 2. The van der Waals surface area contributed by atoms with Gasteiger partial charge in [0.15, 0.2) is 9.84 Å². The molecule has 1 heterocycles. The van der Waals surface area contributed by atoms with Crippen LogP contribution in [0.15, 0.2) is 24.3 Å². The molecular weight excluding hydrogens is 296 g/mol. The van der Waals surface area contributed by atoms with Crippen LogP contribution in [0.4, 0.5) is 5.69 Å². The Hall–Kier alpha value is -1.07. The summed E-state index contributed by atoms with van der Waals surface area (Å²) in [6.45, 7) is 3.98. The molecule has 4 nitrogen and oxygen atoms in total. The second-order valence-electron chi connectivity index (χ2n) is 6.40. The number of para-hydroxylation sites is 1. The molecule has 1 atom stereocenters. The van der Waals surface area contributed by atoms with Gasteiger partial charge in [-0.1, -0.05) is 31.5 Å². The molecule has 124 valence electrons. The van der Waals surface area contributed by atoms with Crippen molar-refractivity contribution in [1.82, 2.24) is 4.90 Å². The third kappa shape index (κ3) is 4.46. The van der Waals surface area contributed by atoms with Gasteiger partial charge in [0.05, 0.1) is 11.5 Å². The fraction of sp³-hybridized carbons (Fsp3) is 0.647. The molecule has 1 aromatic rings. The number of sulfone groups is 1. The number of anilines is 1. The molecule has 0 bridgehead atoms. The van der Waals surface area contributed by atoms with Crippen molar-refractivity contribution in [2.75, 3.05) is 37.0 Å². The topological polar surface area (TPSA) is 40.6 Å². The van der Waals surface area contributed by atoms with Crippen molar-refractivity contribution < 1.29 is 8.42 Å². The molecule has 1 aliphatic heterocycles. The van der Waals surface area contributed by atoms with Crippen molar-refractivity contribution in [3.05, 3.63) is 29.8 Å². The van der Waals surface area contributed by atoms with E-state index >= 15 is 0 Å². The third-order valence-corrected chi connectivity index (χ3v) is 6.12. The summed E-state index contributed by atoms with van der Waals surface area (Å²) in [5, 5.41) is 0. The van der Waals surface area contributed by atoms with Gasteiger partial charge in [-0.25, -0.2) is 8.42 Å². The zero-order valence-corrected chi connectivity index (χ0v) is 14.8. The molecule has 1 unspecified atom stereocenters. The molecular formula is C17H28N2O2S. The Labute approximate surface area is 135 Å². The van der Waals surface area contributed by atoms with E-state index in [1.807, 2.05) is 0 Å². The highest BCUT2D eigenvalue weighted by atomic mass is 32.2. The Balaban J connectivity index is 2.17. The minimum atomic E-state index is -2.84. The molecule has 2 rings (SSSR count). The first-order valence-corrected chi connectivity index (χ1v) is 9.95. The second kappa shape index (κ2) is 7.47. The lowest BCUT2D eigenvalue weighted by molar-refractivity contribution is 0.200. The van der Waals surface area contributed by atoms with Crippen molar-refractivity contribution in [2.45, 2.75) is 38.8 Å². The normalized spacial score (nSPS) is 20.5. The van der Waals surface area contributed by atoms with Crippen LogP contribution in [-0.2, 0) is 16.4 Å². The van der Waals surface area contributed by atoms with Gasteiger partial charge in [-0.05, 0) is 31.0 Å². The maximum absolute atomic E-state index is 11.8. The van der Waals surface area contributed by atoms with Crippen LogP contribution in [0.2, 0.25) is 0 Å². The summed E-state index contributed by atoms with van der Waals surface area (Å²) in [6.07, 6.45) is 3.02. The average molecular weight is 324 g/mol. The summed E-state index contributed by atoms with van der Waals surface area (Å²) in [5.74, 6) is 0.663.